The standard InChI is InChI=1S/C10H17N3O2S/c1-3-8(14-2)9-12-10(15-13-9)6-4-16-5-7(6)11/h6-8H,3-5,11H2,1-2H3. The predicted molar refractivity (Wildman–Crippen MR) is 62.4 cm³/mol. The third-order valence-electron chi connectivity index (χ3n) is 2.84. The normalized spacial score (nSPS) is 27.2. The molecule has 0 saturated carbocycles. The molecule has 1 aliphatic heterocycles. The average Bonchev–Trinajstić information content (AvgIpc) is 2.89. The van der Waals surface area contributed by atoms with Gasteiger partial charge in [-0.1, -0.05) is 12.1 Å². The molecular formula is C10H17N3O2S. The van der Waals surface area contributed by atoms with E-state index in [1.54, 1.807) is 7.11 Å². The second-order valence-electron chi connectivity index (χ2n) is 3.93. The van der Waals surface area contributed by atoms with Gasteiger partial charge in [0.15, 0.2) is 0 Å². The van der Waals surface area contributed by atoms with Crippen molar-refractivity contribution in [1.82, 2.24) is 10.1 Å². The minimum absolute atomic E-state index is 0.0808. The number of aromatic nitrogens is 2. The number of hydrogen-bond donors (Lipinski definition) is 1. The van der Waals surface area contributed by atoms with Gasteiger partial charge in [-0.15, -0.1) is 0 Å². The summed E-state index contributed by atoms with van der Waals surface area (Å²) in [4.78, 5) is 4.39. The zero-order chi connectivity index (χ0) is 11.5. The van der Waals surface area contributed by atoms with Crippen LogP contribution in [-0.2, 0) is 4.74 Å². The van der Waals surface area contributed by atoms with Crippen LogP contribution in [0, 0.1) is 0 Å². The van der Waals surface area contributed by atoms with Crippen molar-refractivity contribution in [1.29, 1.82) is 0 Å². The zero-order valence-corrected chi connectivity index (χ0v) is 10.4. The molecule has 3 atom stereocenters. The Kier molecular flexibility index (Phi) is 3.83. The molecular weight excluding hydrogens is 226 g/mol. The first-order valence-corrected chi connectivity index (χ1v) is 6.61. The first-order chi connectivity index (χ1) is 7.76. The van der Waals surface area contributed by atoms with Crippen LogP contribution < -0.4 is 5.73 Å². The van der Waals surface area contributed by atoms with E-state index in [0.717, 1.165) is 17.9 Å². The summed E-state index contributed by atoms with van der Waals surface area (Å²) in [6.07, 6.45) is 0.754. The molecule has 1 saturated heterocycles. The molecule has 2 N–H and O–H groups in total. The molecule has 1 fully saturated rings. The van der Waals surface area contributed by atoms with Gasteiger partial charge < -0.3 is 15.0 Å². The highest BCUT2D eigenvalue weighted by Gasteiger charge is 2.31. The zero-order valence-electron chi connectivity index (χ0n) is 9.55. The van der Waals surface area contributed by atoms with E-state index in [0.29, 0.717) is 11.7 Å². The van der Waals surface area contributed by atoms with Gasteiger partial charge in [0.05, 0.1) is 5.92 Å². The molecule has 0 bridgehead atoms. The molecule has 1 aromatic rings. The van der Waals surface area contributed by atoms with Crippen LogP contribution in [-0.4, -0.2) is 34.8 Å². The molecule has 1 aliphatic rings. The number of thioether (sulfide) groups is 1. The van der Waals surface area contributed by atoms with E-state index in [2.05, 4.69) is 10.1 Å². The minimum atomic E-state index is -0.0808. The van der Waals surface area contributed by atoms with Crippen molar-refractivity contribution in [2.45, 2.75) is 31.4 Å². The second kappa shape index (κ2) is 5.16. The first-order valence-electron chi connectivity index (χ1n) is 5.45. The molecule has 0 amide bonds. The van der Waals surface area contributed by atoms with Gasteiger partial charge >= 0.3 is 0 Å². The van der Waals surface area contributed by atoms with Crippen LogP contribution >= 0.6 is 11.8 Å². The van der Waals surface area contributed by atoms with Crippen molar-refractivity contribution in [3.63, 3.8) is 0 Å². The lowest BCUT2D eigenvalue weighted by atomic mass is 10.1. The molecule has 0 radical (unpaired) electrons. The van der Waals surface area contributed by atoms with Crippen LogP contribution in [0.4, 0.5) is 0 Å². The van der Waals surface area contributed by atoms with Crippen molar-refractivity contribution in [3.8, 4) is 0 Å². The summed E-state index contributed by atoms with van der Waals surface area (Å²) in [7, 11) is 1.65. The maximum absolute atomic E-state index is 5.98. The Hall–Kier alpha value is -0.590. The van der Waals surface area contributed by atoms with E-state index in [9.17, 15) is 0 Å². The topological polar surface area (TPSA) is 74.2 Å². The second-order valence-corrected chi connectivity index (χ2v) is 5.01. The van der Waals surface area contributed by atoms with Crippen LogP contribution in [0.2, 0.25) is 0 Å². The fraction of sp³-hybridized carbons (Fsp3) is 0.800. The smallest absolute Gasteiger partial charge is 0.232 e. The van der Waals surface area contributed by atoms with Gasteiger partial charge in [-0.25, -0.2) is 0 Å². The summed E-state index contributed by atoms with van der Waals surface area (Å²) in [5.41, 5.74) is 5.98. The molecule has 0 spiro atoms. The highest BCUT2D eigenvalue weighted by Crippen LogP contribution is 2.31. The van der Waals surface area contributed by atoms with E-state index in [4.69, 9.17) is 15.0 Å². The fourth-order valence-corrected chi connectivity index (χ4v) is 3.09. The number of hydrogen-bond acceptors (Lipinski definition) is 6. The summed E-state index contributed by atoms with van der Waals surface area (Å²) in [5.74, 6) is 3.41. The molecule has 5 nitrogen and oxygen atoms in total. The Balaban J connectivity index is 2.12. The van der Waals surface area contributed by atoms with Gasteiger partial charge in [0, 0.05) is 24.7 Å². The maximum Gasteiger partial charge on any atom is 0.232 e. The van der Waals surface area contributed by atoms with E-state index < -0.39 is 0 Å². The number of rotatable bonds is 4. The number of nitrogens with two attached hydrogens (primary N) is 1. The Bertz CT molecular complexity index is 341. The van der Waals surface area contributed by atoms with Crippen LogP contribution in [0.5, 0.6) is 0 Å². The molecule has 16 heavy (non-hydrogen) atoms. The third-order valence-corrected chi connectivity index (χ3v) is 4.06. The summed E-state index contributed by atoms with van der Waals surface area (Å²) in [5, 5.41) is 3.96. The van der Waals surface area contributed by atoms with E-state index in [-0.39, 0.29) is 18.1 Å². The van der Waals surface area contributed by atoms with Gasteiger partial charge in [-0.05, 0) is 6.42 Å². The Morgan fingerprint density at radius 2 is 2.44 bits per heavy atom. The van der Waals surface area contributed by atoms with Crippen LogP contribution in [0.15, 0.2) is 4.52 Å². The van der Waals surface area contributed by atoms with E-state index >= 15 is 0 Å². The van der Waals surface area contributed by atoms with Crippen molar-refractivity contribution >= 4 is 11.8 Å². The summed E-state index contributed by atoms with van der Waals surface area (Å²) in [6, 6.07) is 0.126. The molecule has 0 aromatic carbocycles. The monoisotopic (exact) mass is 243 g/mol. The van der Waals surface area contributed by atoms with E-state index in [1.165, 1.54) is 0 Å². The number of nitrogens with zero attached hydrogens (tertiary/aromatic N) is 2. The Labute approximate surface area is 99.1 Å². The molecule has 3 unspecified atom stereocenters. The van der Waals surface area contributed by atoms with Crippen molar-refractivity contribution in [2.75, 3.05) is 18.6 Å². The van der Waals surface area contributed by atoms with Gasteiger partial charge in [-0.3, -0.25) is 0 Å². The molecule has 0 aliphatic carbocycles. The molecule has 6 heteroatoms. The summed E-state index contributed by atoms with van der Waals surface area (Å²) in [6.45, 7) is 2.03. The molecule has 90 valence electrons. The van der Waals surface area contributed by atoms with Crippen LogP contribution in [0.3, 0.4) is 0 Å². The lowest BCUT2D eigenvalue weighted by Crippen LogP contribution is -2.26. The lowest BCUT2D eigenvalue weighted by molar-refractivity contribution is 0.0903. The Morgan fingerprint density at radius 3 is 3.00 bits per heavy atom. The molecule has 2 rings (SSSR count). The van der Waals surface area contributed by atoms with Gasteiger partial charge in [0.25, 0.3) is 0 Å². The highest BCUT2D eigenvalue weighted by molar-refractivity contribution is 7.99. The SMILES string of the molecule is CCC(OC)c1noc(C2CSCC2N)n1. The van der Waals surface area contributed by atoms with Gasteiger partial charge in [-0.2, -0.15) is 16.7 Å². The van der Waals surface area contributed by atoms with Crippen LogP contribution in [0.25, 0.3) is 0 Å². The molecule has 1 aromatic heterocycles. The number of methoxy groups -OCH3 is 1. The third kappa shape index (κ3) is 2.23. The highest BCUT2D eigenvalue weighted by atomic mass is 32.2. The Morgan fingerprint density at radius 1 is 1.62 bits per heavy atom. The fourth-order valence-electron chi connectivity index (χ4n) is 1.81. The molecule has 2 heterocycles. The predicted octanol–water partition coefficient (Wildman–Crippen LogP) is 1.32. The van der Waals surface area contributed by atoms with Crippen molar-refractivity contribution in [2.24, 2.45) is 5.73 Å². The average molecular weight is 243 g/mol. The quantitative estimate of drug-likeness (QED) is 0.859. The van der Waals surface area contributed by atoms with Gasteiger partial charge in [0.2, 0.25) is 11.7 Å². The summed E-state index contributed by atoms with van der Waals surface area (Å²) >= 11 is 1.83. The van der Waals surface area contributed by atoms with Crippen molar-refractivity contribution in [3.05, 3.63) is 11.7 Å². The minimum Gasteiger partial charge on any atom is -0.373 e. The van der Waals surface area contributed by atoms with E-state index in [1.807, 2.05) is 18.7 Å². The van der Waals surface area contributed by atoms with Gasteiger partial charge in [0.1, 0.15) is 6.10 Å². The first kappa shape index (κ1) is 11.9. The maximum atomic E-state index is 5.98. The van der Waals surface area contributed by atoms with Crippen LogP contribution in [0.1, 0.15) is 37.1 Å². The van der Waals surface area contributed by atoms with Crippen molar-refractivity contribution < 1.29 is 9.26 Å². The largest absolute Gasteiger partial charge is 0.373 e. The number of ether oxygens (including phenoxy) is 1. The summed E-state index contributed by atoms with van der Waals surface area (Å²) < 4.78 is 10.5. The lowest BCUT2D eigenvalue weighted by Gasteiger charge is -2.08.